The number of hydrogen-bond acceptors (Lipinski definition) is 3. The summed E-state index contributed by atoms with van der Waals surface area (Å²) < 4.78 is 24.1. The molecule has 1 aromatic heterocycles. The summed E-state index contributed by atoms with van der Waals surface area (Å²) >= 11 is 5.87. The van der Waals surface area contributed by atoms with Crippen LogP contribution in [0.5, 0.6) is 0 Å². The standard InChI is InChI=1S/C13H10ClNO2S/c14-12-3-1-2-4-13(12)18(16,17)10-7-11-5-8-15-9-6-11/h1-10H/b10-7+. The Hall–Kier alpha value is -1.65. The number of benzene rings is 1. The third-order valence-corrected chi connectivity index (χ3v) is 4.19. The quantitative estimate of drug-likeness (QED) is 0.867. The number of hydrogen-bond donors (Lipinski definition) is 0. The van der Waals surface area contributed by atoms with Crippen LogP contribution >= 0.6 is 11.6 Å². The Morgan fingerprint density at radius 3 is 2.39 bits per heavy atom. The molecule has 0 N–H and O–H groups in total. The summed E-state index contributed by atoms with van der Waals surface area (Å²) in [6, 6.07) is 9.80. The van der Waals surface area contributed by atoms with Crippen molar-refractivity contribution in [2.45, 2.75) is 4.90 Å². The molecule has 2 rings (SSSR count). The fourth-order valence-electron chi connectivity index (χ4n) is 1.39. The number of aromatic nitrogens is 1. The number of rotatable bonds is 3. The molecule has 0 atom stereocenters. The van der Waals surface area contributed by atoms with Crippen molar-refractivity contribution < 1.29 is 8.42 Å². The second-order valence-corrected chi connectivity index (χ2v) is 5.77. The third-order valence-electron chi connectivity index (χ3n) is 2.29. The van der Waals surface area contributed by atoms with Crippen LogP contribution in [0, 0.1) is 0 Å². The average molecular weight is 280 g/mol. The highest BCUT2D eigenvalue weighted by Crippen LogP contribution is 2.22. The van der Waals surface area contributed by atoms with Gasteiger partial charge in [-0.05, 0) is 35.9 Å². The Kier molecular flexibility index (Phi) is 3.79. The summed E-state index contributed by atoms with van der Waals surface area (Å²) in [6.07, 6.45) is 4.71. The first kappa shape index (κ1) is 12.8. The van der Waals surface area contributed by atoms with Crippen molar-refractivity contribution in [1.29, 1.82) is 0 Å². The van der Waals surface area contributed by atoms with Crippen molar-refractivity contribution in [2.24, 2.45) is 0 Å². The van der Waals surface area contributed by atoms with Gasteiger partial charge in [0.05, 0.1) is 9.92 Å². The molecule has 0 amide bonds. The van der Waals surface area contributed by atoms with Gasteiger partial charge in [0.15, 0.2) is 0 Å². The van der Waals surface area contributed by atoms with E-state index < -0.39 is 9.84 Å². The summed E-state index contributed by atoms with van der Waals surface area (Å²) in [7, 11) is -3.52. The maximum atomic E-state index is 12.0. The Labute approximate surface area is 111 Å². The number of nitrogens with zero attached hydrogens (tertiary/aromatic N) is 1. The maximum absolute atomic E-state index is 12.0. The molecule has 0 aliphatic rings. The Morgan fingerprint density at radius 2 is 1.72 bits per heavy atom. The molecule has 0 aliphatic heterocycles. The van der Waals surface area contributed by atoms with Crippen molar-refractivity contribution >= 4 is 27.5 Å². The monoisotopic (exact) mass is 279 g/mol. The van der Waals surface area contributed by atoms with E-state index >= 15 is 0 Å². The molecule has 0 saturated heterocycles. The molecule has 0 saturated carbocycles. The number of halogens is 1. The van der Waals surface area contributed by atoms with Gasteiger partial charge in [-0.15, -0.1) is 0 Å². The van der Waals surface area contributed by atoms with E-state index in [1.165, 1.54) is 12.1 Å². The van der Waals surface area contributed by atoms with Gasteiger partial charge in [0.1, 0.15) is 0 Å². The lowest BCUT2D eigenvalue weighted by Gasteiger charge is -2.01. The minimum Gasteiger partial charge on any atom is -0.265 e. The second kappa shape index (κ2) is 5.33. The Balaban J connectivity index is 2.34. The van der Waals surface area contributed by atoms with Gasteiger partial charge in [-0.3, -0.25) is 4.98 Å². The molecule has 5 heteroatoms. The van der Waals surface area contributed by atoms with Crippen molar-refractivity contribution in [3.8, 4) is 0 Å². The lowest BCUT2D eigenvalue weighted by Crippen LogP contribution is -1.96. The van der Waals surface area contributed by atoms with Gasteiger partial charge >= 0.3 is 0 Å². The summed E-state index contributed by atoms with van der Waals surface area (Å²) in [4.78, 5) is 3.97. The molecule has 3 nitrogen and oxygen atoms in total. The largest absolute Gasteiger partial charge is 0.265 e. The normalized spacial score (nSPS) is 11.8. The topological polar surface area (TPSA) is 47.0 Å². The Morgan fingerprint density at radius 1 is 1.06 bits per heavy atom. The maximum Gasteiger partial charge on any atom is 0.201 e. The molecule has 92 valence electrons. The molecule has 1 heterocycles. The second-order valence-electron chi connectivity index (χ2n) is 3.56. The summed E-state index contributed by atoms with van der Waals surface area (Å²) in [5.74, 6) is 0. The van der Waals surface area contributed by atoms with Gasteiger partial charge in [0.25, 0.3) is 0 Å². The highest BCUT2D eigenvalue weighted by atomic mass is 35.5. The molecule has 2 aromatic rings. The van der Waals surface area contributed by atoms with E-state index in [0.29, 0.717) is 0 Å². The van der Waals surface area contributed by atoms with Crippen LogP contribution < -0.4 is 0 Å². The van der Waals surface area contributed by atoms with Crippen LogP contribution in [-0.2, 0) is 9.84 Å². The minimum absolute atomic E-state index is 0.108. The van der Waals surface area contributed by atoms with Crippen LogP contribution in [0.15, 0.2) is 59.1 Å². The summed E-state index contributed by atoms with van der Waals surface area (Å²) in [5, 5.41) is 1.36. The van der Waals surface area contributed by atoms with E-state index in [1.807, 2.05) is 0 Å². The number of pyridine rings is 1. The van der Waals surface area contributed by atoms with E-state index in [4.69, 9.17) is 11.6 Å². The molecular weight excluding hydrogens is 270 g/mol. The van der Waals surface area contributed by atoms with Gasteiger partial charge in [-0.25, -0.2) is 8.42 Å². The van der Waals surface area contributed by atoms with Gasteiger partial charge in [-0.2, -0.15) is 0 Å². The van der Waals surface area contributed by atoms with E-state index in [1.54, 1.807) is 42.7 Å². The third kappa shape index (κ3) is 2.97. The van der Waals surface area contributed by atoms with E-state index in [0.717, 1.165) is 11.0 Å². The molecule has 0 aliphatic carbocycles. The zero-order valence-corrected chi connectivity index (χ0v) is 10.9. The molecule has 1 aromatic carbocycles. The molecule has 0 spiro atoms. The minimum atomic E-state index is -3.52. The predicted molar refractivity (Wildman–Crippen MR) is 71.9 cm³/mol. The Bertz CT molecular complexity index is 666. The molecule has 0 bridgehead atoms. The van der Waals surface area contributed by atoms with E-state index in [2.05, 4.69) is 4.98 Å². The molecule has 0 fully saturated rings. The fraction of sp³-hybridized carbons (Fsp3) is 0. The SMILES string of the molecule is O=S(=O)(/C=C/c1ccncc1)c1ccccc1Cl. The van der Waals surface area contributed by atoms with E-state index in [-0.39, 0.29) is 9.92 Å². The molecular formula is C13H10ClNO2S. The highest BCUT2D eigenvalue weighted by molar-refractivity contribution is 7.94. The predicted octanol–water partition coefficient (Wildman–Crippen LogP) is 3.18. The first-order valence-corrected chi connectivity index (χ1v) is 7.10. The van der Waals surface area contributed by atoms with Crippen LogP contribution in [-0.4, -0.2) is 13.4 Å². The first-order valence-electron chi connectivity index (χ1n) is 5.17. The average Bonchev–Trinajstić information content (AvgIpc) is 2.38. The molecule has 0 radical (unpaired) electrons. The summed E-state index contributed by atoms with van der Waals surface area (Å²) in [6.45, 7) is 0. The first-order chi connectivity index (χ1) is 8.59. The van der Waals surface area contributed by atoms with Crippen LogP contribution in [0.3, 0.4) is 0 Å². The zero-order chi connectivity index (χ0) is 13.0. The molecule has 18 heavy (non-hydrogen) atoms. The van der Waals surface area contributed by atoms with Crippen molar-refractivity contribution in [1.82, 2.24) is 4.98 Å². The van der Waals surface area contributed by atoms with Gasteiger partial charge < -0.3 is 0 Å². The van der Waals surface area contributed by atoms with E-state index in [9.17, 15) is 8.42 Å². The fourth-order valence-corrected chi connectivity index (χ4v) is 2.94. The van der Waals surface area contributed by atoms with Crippen molar-refractivity contribution in [3.05, 3.63) is 64.8 Å². The zero-order valence-electron chi connectivity index (χ0n) is 9.32. The molecule has 0 unspecified atom stereocenters. The lowest BCUT2D eigenvalue weighted by molar-refractivity contribution is 0.605. The van der Waals surface area contributed by atoms with Gasteiger partial charge in [-0.1, -0.05) is 23.7 Å². The van der Waals surface area contributed by atoms with Gasteiger partial charge in [0, 0.05) is 17.8 Å². The highest BCUT2D eigenvalue weighted by Gasteiger charge is 2.13. The van der Waals surface area contributed by atoms with Crippen LogP contribution in [0.4, 0.5) is 0 Å². The van der Waals surface area contributed by atoms with Crippen molar-refractivity contribution in [2.75, 3.05) is 0 Å². The summed E-state index contributed by atoms with van der Waals surface area (Å²) in [5.41, 5.74) is 0.764. The van der Waals surface area contributed by atoms with Crippen molar-refractivity contribution in [3.63, 3.8) is 0 Å². The van der Waals surface area contributed by atoms with Crippen LogP contribution in [0.2, 0.25) is 5.02 Å². The number of sulfone groups is 1. The van der Waals surface area contributed by atoms with Gasteiger partial charge in [0.2, 0.25) is 9.84 Å². The van der Waals surface area contributed by atoms with Crippen LogP contribution in [0.1, 0.15) is 5.56 Å². The van der Waals surface area contributed by atoms with Crippen LogP contribution in [0.25, 0.3) is 6.08 Å². The lowest BCUT2D eigenvalue weighted by atomic mass is 10.3. The smallest absolute Gasteiger partial charge is 0.201 e.